The van der Waals surface area contributed by atoms with Crippen LogP contribution < -0.4 is 11.1 Å². The molecular formula is C20H22FN3O2. The molecule has 1 aromatic heterocycles. The third-order valence-corrected chi connectivity index (χ3v) is 4.94. The van der Waals surface area contributed by atoms with Crippen LogP contribution in [0.1, 0.15) is 48.9 Å². The summed E-state index contributed by atoms with van der Waals surface area (Å²) in [4.78, 5) is 28.9. The molecule has 1 aliphatic rings. The number of amides is 2. The highest BCUT2D eigenvalue weighted by atomic mass is 19.1. The number of hydrogen-bond acceptors (Lipinski definition) is 3. The Morgan fingerprint density at radius 2 is 1.81 bits per heavy atom. The number of nitrogens with two attached hydrogens (primary N) is 1. The van der Waals surface area contributed by atoms with Gasteiger partial charge in [-0.15, -0.1) is 0 Å². The van der Waals surface area contributed by atoms with Crippen LogP contribution in [-0.4, -0.2) is 22.3 Å². The second kappa shape index (κ2) is 7.64. The van der Waals surface area contributed by atoms with E-state index >= 15 is 0 Å². The van der Waals surface area contributed by atoms with Crippen molar-refractivity contribution in [2.24, 2.45) is 5.73 Å². The number of nitrogens with zero attached hydrogens (tertiary/aromatic N) is 1. The van der Waals surface area contributed by atoms with Gasteiger partial charge in [0.25, 0.3) is 5.91 Å². The van der Waals surface area contributed by atoms with Crippen LogP contribution in [0.5, 0.6) is 0 Å². The van der Waals surface area contributed by atoms with Crippen LogP contribution in [0.15, 0.2) is 42.6 Å². The lowest BCUT2D eigenvalue weighted by Gasteiger charge is -2.30. The Morgan fingerprint density at radius 3 is 2.46 bits per heavy atom. The van der Waals surface area contributed by atoms with Gasteiger partial charge in [-0.2, -0.15) is 0 Å². The van der Waals surface area contributed by atoms with Gasteiger partial charge in [0.05, 0.1) is 0 Å². The molecule has 1 fully saturated rings. The highest BCUT2D eigenvalue weighted by molar-refractivity contribution is 5.99. The maximum absolute atomic E-state index is 14.0. The maximum Gasteiger partial charge on any atom is 0.252 e. The van der Waals surface area contributed by atoms with Gasteiger partial charge in [-0.05, 0) is 37.1 Å². The molecular weight excluding hydrogens is 333 g/mol. The average Bonchev–Trinajstić information content (AvgIpc) is 2.89. The van der Waals surface area contributed by atoms with Crippen molar-refractivity contribution in [3.63, 3.8) is 0 Å². The molecule has 2 amide bonds. The average molecular weight is 355 g/mol. The van der Waals surface area contributed by atoms with E-state index < -0.39 is 17.3 Å². The monoisotopic (exact) mass is 355 g/mol. The second-order valence-corrected chi connectivity index (χ2v) is 6.73. The van der Waals surface area contributed by atoms with Crippen LogP contribution >= 0.6 is 0 Å². The molecule has 1 aromatic carbocycles. The first-order chi connectivity index (χ1) is 12.5. The first-order valence-corrected chi connectivity index (χ1v) is 8.85. The number of halogens is 1. The number of aromatic nitrogens is 1. The van der Waals surface area contributed by atoms with Crippen molar-refractivity contribution in [3.05, 3.63) is 54.0 Å². The van der Waals surface area contributed by atoms with Gasteiger partial charge >= 0.3 is 0 Å². The Bertz CT molecular complexity index is 814. The van der Waals surface area contributed by atoms with Crippen LogP contribution in [0.25, 0.3) is 11.3 Å². The fourth-order valence-corrected chi connectivity index (χ4v) is 3.46. The smallest absolute Gasteiger partial charge is 0.252 e. The summed E-state index contributed by atoms with van der Waals surface area (Å²) in [5.74, 6) is -1.34. The van der Waals surface area contributed by atoms with Crippen LogP contribution in [0.3, 0.4) is 0 Å². The van der Waals surface area contributed by atoms with Crippen LogP contribution in [-0.2, 0) is 4.79 Å². The van der Waals surface area contributed by atoms with Crippen molar-refractivity contribution in [1.82, 2.24) is 10.3 Å². The van der Waals surface area contributed by atoms with Gasteiger partial charge in [-0.3, -0.25) is 14.6 Å². The van der Waals surface area contributed by atoms with E-state index in [9.17, 15) is 14.0 Å². The maximum atomic E-state index is 14.0. The molecule has 2 aromatic rings. The number of nitrogens with one attached hydrogen (secondary N) is 1. The van der Waals surface area contributed by atoms with Gasteiger partial charge in [0.1, 0.15) is 17.1 Å². The lowest BCUT2D eigenvalue weighted by atomic mass is 9.89. The molecule has 0 atom stereocenters. The Labute approximate surface area is 151 Å². The Hall–Kier alpha value is -2.76. The molecule has 136 valence electrons. The number of primary amides is 1. The molecule has 0 aliphatic heterocycles. The van der Waals surface area contributed by atoms with E-state index in [1.165, 1.54) is 18.3 Å². The summed E-state index contributed by atoms with van der Waals surface area (Å²) in [7, 11) is 0. The SMILES string of the molecule is NC(=O)C1(NC(=O)c2cccc(-c3ncccc3F)c2)CCCCCC1. The summed E-state index contributed by atoms with van der Waals surface area (Å²) in [6.07, 6.45) is 6.34. The van der Waals surface area contributed by atoms with Crippen molar-refractivity contribution in [1.29, 1.82) is 0 Å². The number of carbonyl (C=O) groups excluding carboxylic acids is 2. The highest BCUT2D eigenvalue weighted by Crippen LogP contribution is 2.28. The summed E-state index contributed by atoms with van der Waals surface area (Å²) >= 11 is 0. The Morgan fingerprint density at radius 1 is 1.08 bits per heavy atom. The number of pyridine rings is 1. The normalized spacial score (nSPS) is 16.5. The van der Waals surface area contributed by atoms with Crippen LogP contribution in [0.4, 0.5) is 4.39 Å². The van der Waals surface area contributed by atoms with E-state index in [1.807, 2.05) is 0 Å². The zero-order chi connectivity index (χ0) is 18.6. The fourth-order valence-electron chi connectivity index (χ4n) is 3.46. The van der Waals surface area contributed by atoms with Gasteiger partial charge in [0, 0.05) is 17.3 Å². The lowest BCUT2D eigenvalue weighted by Crippen LogP contribution is -2.57. The number of carbonyl (C=O) groups is 2. The van der Waals surface area contributed by atoms with Gasteiger partial charge < -0.3 is 11.1 Å². The molecule has 0 radical (unpaired) electrons. The second-order valence-electron chi connectivity index (χ2n) is 6.73. The van der Waals surface area contributed by atoms with Crippen molar-refractivity contribution in [3.8, 4) is 11.3 Å². The zero-order valence-corrected chi connectivity index (χ0v) is 14.5. The number of hydrogen-bond donors (Lipinski definition) is 2. The van der Waals surface area contributed by atoms with Gasteiger partial charge in [-0.25, -0.2) is 4.39 Å². The third-order valence-electron chi connectivity index (χ3n) is 4.94. The minimum atomic E-state index is -1.01. The molecule has 0 spiro atoms. The van der Waals surface area contributed by atoms with Crippen molar-refractivity contribution < 1.29 is 14.0 Å². The summed E-state index contributed by atoms with van der Waals surface area (Å²) in [6, 6.07) is 9.40. The van der Waals surface area contributed by atoms with E-state index in [0.29, 0.717) is 24.0 Å². The van der Waals surface area contributed by atoms with Gasteiger partial charge in [-0.1, -0.05) is 37.8 Å². The van der Waals surface area contributed by atoms with Crippen LogP contribution in [0.2, 0.25) is 0 Å². The molecule has 0 bridgehead atoms. The molecule has 26 heavy (non-hydrogen) atoms. The van der Waals surface area contributed by atoms with Crippen molar-refractivity contribution in [2.45, 2.75) is 44.1 Å². The summed E-state index contributed by atoms with van der Waals surface area (Å²) in [5, 5.41) is 2.85. The summed E-state index contributed by atoms with van der Waals surface area (Å²) in [6.45, 7) is 0. The molecule has 5 nitrogen and oxygen atoms in total. The van der Waals surface area contributed by atoms with Gasteiger partial charge in [0.15, 0.2) is 0 Å². The molecule has 0 saturated heterocycles. The predicted octanol–water partition coefficient (Wildman–Crippen LogP) is 3.20. The fraction of sp³-hybridized carbons (Fsp3) is 0.350. The van der Waals surface area contributed by atoms with Crippen LogP contribution in [0, 0.1) is 5.82 Å². The third kappa shape index (κ3) is 3.74. The van der Waals surface area contributed by atoms with E-state index in [0.717, 1.165) is 25.7 Å². The predicted molar refractivity (Wildman–Crippen MR) is 96.7 cm³/mol. The minimum absolute atomic E-state index is 0.182. The summed E-state index contributed by atoms with van der Waals surface area (Å²) < 4.78 is 14.0. The molecule has 0 unspecified atom stereocenters. The zero-order valence-electron chi connectivity index (χ0n) is 14.5. The number of rotatable bonds is 4. The minimum Gasteiger partial charge on any atom is -0.368 e. The number of benzene rings is 1. The standard InChI is InChI=1S/C20H22FN3O2/c21-16-9-6-12-23-17(16)14-7-5-8-15(13-14)18(25)24-20(19(22)26)10-3-1-2-4-11-20/h5-9,12-13H,1-4,10-11H2,(H2,22,26)(H,24,25). The topological polar surface area (TPSA) is 85.1 Å². The summed E-state index contributed by atoms with van der Waals surface area (Å²) in [5.41, 5.74) is 5.64. The molecule has 1 saturated carbocycles. The van der Waals surface area contributed by atoms with E-state index in [4.69, 9.17) is 5.73 Å². The van der Waals surface area contributed by atoms with Gasteiger partial charge in [0.2, 0.25) is 5.91 Å². The van der Waals surface area contributed by atoms with Crippen molar-refractivity contribution in [2.75, 3.05) is 0 Å². The quantitative estimate of drug-likeness (QED) is 0.826. The lowest BCUT2D eigenvalue weighted by molar-refractivity contribution is -0.124. The Balaban J connectivity index is 1.87. The van der Waals surface area contributed by atoms with E-state index in [2.05, 4.69) is 10.3 Å². The van der Waals surface area contributed by atoms with E-state index in [1.54, 1.807) is 24.3 Å². The first-order valence-electron chi connectivity index (χ1n) is 8.85. The largest absolute Gasteiger partial charge is 0.368 e. The molecule has 1 heterocycles. The first kappa shape index (κ1) is 18.0. The van der Waals surface area contributed by atoms with E-state index in [-0.39, 0.29) is 11.6 Å². The highest BCUT2D eigenvalue weighted by Gasteiger charge is 2.38. The molecule has 1 aliphatic carbocycles. The molecule has 3 N–H and O–H groups in total. The molecule has 3 rings (SSSR count). The molecule has 6 heteroatoms. The van der Waals surface area contributed by atoms with Crippen molar-refractivity contribution >= 4 is 11.8 Å². The Kier molecular flexibility index (Phi) is 5.30.